The molecule has 0 aromatic heterocycles. The third-order valence-electron chi connectivity index (χ3n) is 2.87. The van der Waals surface area contributed by atoms with E-state index in [0.29, 0.717) is 11.4 Å². The van der Waals surface area contributed by atoms with E-state index in [-0.39, 0.29) is 4.90 Å². The van der Waals surface area contributed by atoms with Crippen molar-refractivity contribution >= 4 is 28.1 Å². The van der Waals surface area contributed by atoms with Crippen molar-refractivity contribution < 1.29 is 13.4 Å². The van der Waals surface area contributed by atoms with Gasteiger partial charge in [-0.2, -0.15) is 0 Å². The van der Waals surface area contributed by atoms with Gasteiger partial charge >= 0.3 is 0 Å². The lowest BCUT2D eigenvalue weighted by molar-refractivity contribution is -0.115. The molecule has 2 atom stereocenters. The van der Waals surface area contributed by atoms with Crippen molar-refractivity contribution in [2.45, 2.75) is 17.1 Å². The SMILES string of the molecule is CC(C(=O)Nc1cccc(N)c1)S(=O)c1cccc(F)c1. The fourth-order valence-corrected chi connectivity index (χ4v) is 2.86. The minimum atomic E-state index is -1.63. The van der Waals surface area contributed by atoms with Gasteiger partial charge in [-0.15, -0.1) is 0 Å². The molecule has 0 radical (unpaired) electrons. The molecule has 2 aromatic rings. The summed E-state index contributed by atoms with van der Waals surface area (Å²) >= 11 is 0. The second kappa shape index (κ2) is 6.49. The first kappa shape index (κ1) is 15.2. The Morgan fingerprint density at radius 2 is 1.95 bits per heavy atom. The fourth-order valence-electron chi connectivity index (χ4n) is 1.75. The first-order valence-corrected chi connectivity index (χ1v) is 7.51. The van der Waals surface area contributed by atoms with E-state index in [2.05, 4.69) is 5.32 Å². The summed E-state index contributed by atoms with van der Waals surface area (Å²) in [5.74, 6) is -0.896. The standard InChI is InChI=1S/C15H15FN2O2S/c1-10(21(20)14-7-2-4-11(16)8-14)15(19)18-13-6-3-5-12(17)9-13/h2-10H,17H2,1H3,(H,18,19). The van der Waals surface area contributed by atoms with Crippen molar-refractivity contribution in [3.05, 3.63) is 54.3 Å². The molecular weight excluding hydrogens is 291 g/mol. The van der Waals surface area contributed by atoms with Crippen LogP contribution in [0.2, 0.25) is 0 Å². The number of nitrogen functional groups attached to an aromatic ring is 1. The minimum Gasteiger partial charge on any atom is -0.399 e. The number of anilines is 2. The summed E-state index contributed by atoms with van der Waals surface area (Å²) < 4.78 is 25.4. The summed E-state index contributed by atoms with van der Waals surface area (Å²) in [5, 5.41) is 1.83. The Hall–Kier alpha value is -2.21. The molecule has 6 heteroatoms. The van der Waals surface area contributed by atoms with Crippen LogP contribution >= 0.6 is 0 Å². The normalized spacial score (nSPS) is 13.4. The van der Waals surface area contributed by atoms with Gasteiger partial charge in [-0.3, -0.25) is 9.00 Å². The summed E-state index contributed by atoms with van der Waals surface area (Å²) in [6, 6.07) is 12.1. The number of carbonyl (C=O) groups is 1. The van der Waals surface area contributed by atoms with E-state index >= 15 is 0 Å². The highest BCUT2D eigenvalue weighted by Crippen LogP contribution is 2.16. The molecule has 0 saturated carbocycles. The lowest BCUT2D eigenvalue weighted by Crippen LogP contribution is -2.29. The summed E-state index contributed by atoms with van der Waals surface area (Å²) in [6.07, 6.45) is 0. The number of rotatable bonds is 4. The van der Waals surface area contributed by atoms with Crippen molar-refractivity contribution in [3.8, 4) is 0 Å². The lowest BCUT2D eigenvalue weighted by Gasteiger charge is -2.12. The van der Waals surface area contributed by atoms with Gasteiger partial charge in [0, 0.05) is 16.3 Å². The predicted octanol–water partition coefficient (Wildman–Crippen LogP) is 2.54. The molecule has 0 fully saturated rings. The van der Waals surface area contributed by atoms with Crippen LogP contribution in [0.5, 0.6) is 0 Å². The Kier molecular flexibility index (Phi) is 4.70. The number of halogens is 1. The van der Waals surface area contributed by atoms with Crippen LogP contribution in [0.15, 0.2) is 53.4 Å². The van der Waals surface area contributed by atoms with Crippen molar-refractivity contribution in [2.24, 2.45) is 0 Å². The van der Waals surface area contributed by atoms with Crippen LogP contribution in [-0.4, -0.2) is 15.4 Å². The van der Waals surface area contributed by atoms with Crippen molar-refractivity contribution in [1.82, 2.24) is 0 Å². The van der Waals surface area contributed by atoms with E-state index in [1.165, 1.54) is 31.2 Å². The zero-order valence-corrected chi connectivity index (χ0v) is 12.2. The van der Waals surface area contributed by atoms with E-state index < -0.39 is 27.8 Å². The van der Waals surface area contributed by atoms with Crippen LogP contribution in [0.1, 0.15) is 6.92 Å². The highest BCUT2D eigenvalue weighted by molar-refractivity contribution is 7.86. The molecule has 2 unspecified atom stereocenters. The fraction of sp³-hybridized carbons (Fsp3) is 0.133. The lowest BCUT2D eigenvalue weighted by atomic mass is 10.3. The van der Waals surface area contributed by atoms with E-state index in [4.69, 9.17) is 5.73 Å². The molecule has 0 saturated heterocycles. The summed E-state index contributed by atoms with van der Waals surface area (Å²) in [6.45, 7) is 1.53. The smallest absolute Gasteiger partial charge is 0.240 e. The van der Waals surface area contributed by atoms with Crippen LogP contribution in [-0.2, 0) is 15.6 Å². The molecule has 3 N–H and O–H groups in total. The maximum absolute atomic E-state index is 13.1. The van der Waals surface area contributed by atoms with E-state index in [1.807, 2.05) is 0 Å². The maximum Gasteiger partial charge on any atom is 0.240 e. The molecule has 0 heterocycles. The number of amides is 1. The van der Waals surface area contributed by atoms with Crippen LogP contribution in [0.25, 0.3) is 0 Å². The molecule has 21 heavy (non-hydrogen) atoms. The summed E-state index contributed by atoms with van der Waals surface area (Å²) in [5.41, 5.74) is 6.68. The second-order valence-electron chi connectivity index (χ2n) is 4.51. The van der Waals surface area contributed by atoms with Crippen LogP contribution < -0.4 is 11.1 Å². The number of benzene rings is 2. The Bertz CT molecular complexity index is 691. The first-order chi connectivity index (χ1) is 9.97. The third-order valence-corrected chi connectivity index (χ3v) is 4.45. The molecule has 2 rings (SSSR count). The molecule has 0 aliphatic carbocycles. The molecule has 1 amide bonds. The van der Waals surface area contributed by atoms with Crippen molar-refractivity contribution in [2.75, 3.05) is 11.1 Å². The molecule has 0 spiro atoms. The minimum absolute atomic E-state index is 0.283. The largest absolute Gasteiger partial charge is 0.399 e. The zero-order valence-electron chi connectivity index (χ0n) is 11.4. The van der Waals surface area contributed by atoms with E-state index in [1.54, 1.807) is 24.3 Å². The predicted molar refractivity (Wildman–Crippen MR) is 81.8 cm³/mol. The Morgan fingerprint density at radius 1 is 1.24 bits per heavy atom. The van der Waals surface area contributed by atoms with Gasteiger partial charge in [0.25, 0.3) is 0 Å². The molecule has 110 valence electrons. The Morgan fingerprint density at radius 3 is 2.62 bits per heavy atom. The monoisotopic (exact) mass is 306 g/mol. The summed E-state index contributed by atoms with van der Waals surface area (Å²) in [4.78, 5) is 12.4. The number of carbonyl (C=O) groups excluding carboxylic acids is 1. The quantitative estimate of drug-likeness (QED) is 0.853. The molecular formula is C15H15FN2O2S. The molecule has 0 aliphatic rings. The zero-order chi connectivity index (χ0) is 15.4. The molecule has 2 aromatic carbocycles. The third kappa shape index (κ3) is 3.88. The van der Waals surface area contributed by atoms with Gasteiger partial charge in [-0.05, 0) is 43.3 Å². The van der Waals surface area contributed by atoms with Gasteiger partial charge in [0.05, 0.1) is 10.8 Å². The average molecular weight is 306 g/mol. The van der Waals surface area contributed by atoms with Gasteiger partial charge in [0.15, 0.2) is 0 Å². The van der Waals surface area contributed by atoms with Crippen LogP contribution in [0.4, 0.5) is 15.8 Å². The number of nitrogens with two attached hydrogens (primary N) is 1. The number of hydrogen-bond acceptors (Lipinski definition) is 3. The maximum atomic E-state index is 13.1. The molecule has 0 bridgehead atoms. The van der Waals surface area contributed by atoms with Gasteiger partial charge in [-0.1, -0.05) is 12.1 Å². The highest BCUT2D eigenvalue weighted by Gasteiger charge is 2.21. The van der Waals surface area contributed by atoms with Crippen LogP contribution in [0.3, 0.4) is 0 Å². The average Bonchev–Trinajstić information content (AvgIpc) is 2.45. The molecule has 0 aliphatic heterocycles. The highest BCUT2D eigenvalue weighted by atomic mass is 32.2. The van der Waals surface area contributed by atoms with Gasteiger partial charge in [0.2, 0.25) is 5.91 Å². The Labute approximate surface area is 124 Å². The summed E-state index contributed by atoms with van der Waals surface area (Å²) in [7, 11) is -1.63. The van der Waals surface area contributed by atoms with Crippen molar-refractivity contribution in [3.63, 3.8) is 0 Å². The molecule has 4 nitrogen and oxygen atoms in total. The van der Waals surface area contributed by atoms with E-state index in [0.717, 1.165) is 0 Å². The van der Waals surface area contributed by atoms with Gasteiger partial charge < -0.3 is 11.1 Å². The van der Waals surface area contributed by atoms with Gasteiger partial charge in [0.1, 0.15) is 11.1 Å². The topological polar surface area (TPSA) is 72.2 Å². The van der Waals surface area contributed by atoms with Crippen molar-refractivity contribution in [1.29, 1.82) is 0 Å². The number of hydrogen-bond donors (Lipinski definition) is 2. The first-order valence-electron chi connectivity index (χ1n) is 6.30. The van der Waals surface area contributed by atoms with E-state index in [9.17, 15) is 13.4 Å². The second-order valence-corrected chi connectivity index (χ2v) is 6.29. The number of nitrogens with one attached hydrogen (secondary N) is 1. The van der Waals surface area contributed by atoms with Crippen LogP contribution in [0, 0.1) is 5.82 Å². The van der Waals surface area contributed by atoms with Gasteiger partial charge in [-0.25, -0.2) is 4.39 Å². The Balaban J connectivity index is 2.10.